The molecule has 3 rings (SSSR count). The molecule has 2 N–H and O–H groups in total. The van der Waals surface area contributed by atoms with Gasteiger partial charge < -0.3 is 15.4 Å². The second kappa shape index (κ2) is 9.26. The predicted molar refractivity (Wildman–Crippen MR) is 108 cm³/mol. The molecule has 0 aromatic carbocycles. The second-order valence-electron chi connectivity index (χ2n) is 8.75. The van der Waals surface area contributed by atoms with Gasteiger partial charge in [0, 0.05) is 25.7 Å². The lowest BCUT2D eigenvalue weighted by Crippen LogP contribution is -2.61. The molecule has 0 radical (unpaired) electrons. The number of carbonyl (C=O) groups excluding carboxylic acids is 1. The van der Waals surface area contributed by atoms with Gasteiger partial charge >= 0.3 is 0 Å². The number of nitrogens with zero attached hydrogens (tertiary/aromatic N) is 2. The zero-order valence-electron chi connectivity index (χ0n) is 16.7. The van der Waals surface area contributed by atoms with Gasteiger partial charge in [0.2, 0.25) is 5.91 Å². The molecule has 0 aromatic heterocycles. The smallest absolute Gasteiger partial charge is 0.228 e. The first-order chi connectivity index (χ1) is 12.5. The monoisotopic (exact) mass is 383 g/mol. The van der Waals surface area contributed by atoms with Crippen molar-refractivity contribution in [3.8, 4) is 0 Å². The van der Waals surface area contributed by atoms with E-state index < -0.39 is 0 Å². The third kappa shape index (κ3) is 4.75. The fourth-order valence-corrected chi connectivity index (χ4v) is 5.37. The molecule has 0 bridgehead atoms. The summed E-state index contributed by atoms with van der Waals surface area (Å²) >= 11 is 1.73. The van der Waals surface area contributed by atoms with Gasteiger partial charge in [0.05, 0.1) is 24.7 Å². The number of amides is 1. The van der Waals surface area contributed by atoms with E-state index in [1.165, 1.54) is 12.8 Å². The molecule has 2 saturated heterocycles. The Balaban J connectivity index is 1.50. The molecule has 3 aliphatic rings. The van der Waals surface area contributed by atoms with Crippen molar-refractivity contribution < 1.29 is 9.53 Å². The van der Waals surface area contributed by atoms with E-state index in [0.717, 1.165) is 57.2 Å². The molecule has 2 heterocycles. The quantitative estimate of drug-likeness (QED) is 0.715. The lowest BCUT2D eigenvalue weighted by atomic mass is 9.80. The summed E-state index contributed by atoms with van der Waals surface area (Å²) in [6, 6.07) is 0.110. The van der Waals surface area contributed by atoms with Crippen LogP contribution in [0.15, 0.2) is 0 Å². The van der Waals surface area contributed by atoms with Crippen molar-refractivity contribution in [3.05, 3.63) is 0 Å². The van der Waals surface area contributed by atoms with Crippen molar-refractivity contribution >= 4 is 17.9 Å². The van der Waals surface area contributed by atoms with E-state index in [-0.39, 0.29) is 18.0 Å². The van der Waals surface area contributed by atoms with Gasteiger partial charge in [-0.2, -0.15) is 0 Å². The Hall–Kier alpha value is -0.300. The van der Waals surface area contributed by atoms with E-state index in [0.29, 0.717) is 18.6 Å². The number of piperidine rings is 1. The Labute approximate surface area is 163 Å². The number of likely N-dealkylation sites (tertiary alicyclic amines) is 1. The fourth-order valence-electron chi connectivity index (χ4n) is 4.71. The largest absolute Gasteiger partial charge is 0.376 e. The lowest BCUT2D eigenvalue weighted by molar-refractivity contribution is -0.146. The Morgan fingerprint density at radius 3 is 2.50 bits per heavy atom. The number of carbonyl (C=O) groups is 1. The molecule has 0 aromatic rings. The van der Waals surface area contributed by atoms with Gasteiger partial charge in [-0.05, 0) is 56.6 Å². The molecule has 26 heavy (non-hydrogen) atoms. The fraction of sp³-hybridized carbons (Fsp3) is 0.950. The van der Waals surface area contributed by atoms with Crippen molar-refractivity contribution in [2.24, 2.45) is 23.5 Å². The minimum atomic E-state index is 0.0523. The lowest BCUT2D eigenvalue weighted by Gasteiger charge is -2.45. The highest BCUT2D eigenvalue weighted by molar-refractivity contribution is 7.96. The summed E-state index contributed by atoms with van der Waals surface area (Å²) in [6.07, 6.45) is 9.30. The summed E-state index contributed by atoms with van der Waals surface area (Å²) in [7, 11) is 0. The summed E-state index contributed by atoms with van der Waals surface area (Å²) in [5, 5.41) is 0. The molecule has 1 aliphatic carbocycles. The molecule has 0 unspecified atom stereocenters. The number of hydrogen-bond acceptors (Lipinski definition) is 5. The van der Waals surface area contributed by atoms with E-state index in [1.54, 1.807) is 11.9 Å². The van der Waals surface area contributed by atoms with Gasteiger partial charge in [-0.15, -0.1) is 0 Å². The van der Waals surface area contributed by atoms with Gasteiger partial charge in [-0.25, -0.2) is 4.31 Å². The molecular formula is C20H37N3O2S. The molecule has 1 saturated carbocycles. The normalized spacial score (nSPS) is 34.1. The molecular weight excluding hydrogens is 346 g/mol. The Morgan fingerprint density at radius 1 is 1.19 bits per heavy atom. The first-order valence-electron chi connectivity index (χ1n) is 10.5. The van der Waals surface area contributed by atoms with Crippen LogP contribution in [0.2, 0.25) is 0 Å². The van der Waals surface area contributed by atoms with Gasteiger partial charge in [0.15, 0.2) is 0 Å². The van der Waals surface area contributed by atoms with E-state index in [4.69, 9.17) is 10.5 Å². The first kappa shape index (κ1) is 20.4. The highest BCUT2D eigenvalue weighted by atomic mass is 32.2. The predicted octanol–water partition coefficient (Wildman–Crippen LogP) is 2.75. The molecule has 3 fully saturated rings. The molecule has 2 aliphatic heterocycles. The van der Waals surface area contributed by atoms with E-state index >= 15 is 0 Å². The SMILES string of the molecule is CSN1CC(C(=O)N2CCC[C@H](N)[C@@H]2COC2CCC(C(C)C)CC2)C1. The maximum atomic E-state index is 12.9. The van der Waals surface area contributed by atoms with Crippen molar-refractivity contribution in [1.29, 1.82) is 0 Å². The standard InChI is InChI=1S/C20H37N3O2S/c1-14(2)15-6-8-17(9-7-15)25-13-19-18(21)5-4-10-23(19)20(24)16-11-22(12-16)26-3/h14-19H,4-13,21H2,1-3H3/t15?,17?,18-,19-/m0/s1. The molecule has 0 spiro atoms. The molecule has 2 atom stereocenters. The highest BCUT2D eigenvalue weighted by Crippen LogP contribution is 2.32. The van der Waals surface area contributed by atoms with Crippen LogP contribution in [0.3, 0.4) is 0 Å². The minimum Gasteiger partial charge on any atom is -0.376 e. The zero-order valence-corrected chi connectivity index (χ0v) is 17.5. The average Bonchev–Trinajstić information content (AvgIpc) is 2.59. The van der Waals surface area contributed by atoms with Crippen molar-refractivity contribution in [2.75, 3.05) is 32.5 Å². The van der Waals surface area contributed by atoms with E-state index in [1.807, 2.05) is 0 Å². The van der Waals surface area contributed by atoms with Crippen LogP contribution in [0.25, 0.3) is 0 Å². The molecule has 150 valence electrons. The molecule has 6 heteroatoms. The van der Waals surface area contributed by atoms with Gasteiger partial charge in [-0.3, -0.25) is 4.79 Å². The van der Waals surface area contributed by atoms with Crippen molar-refractivity contribution in [1.82, 2.24) is 9.21 Å². The molecule has 5 nitrogen and oxygen atoms in total. The van der Waals surface area contributed by atoms with Crippen LogP contribution in [0.5, 0.6) is 0 Å². The van der Waals surface area contributed by atoms with E-state index in [9.17, 15) is 4.79 Å². The first-order valence-corrected chi connectivity index (χ1v) is 11.6. The third-order valence-electron chi connectivity index (χ3n) is 6.73. The van der Waals surface area contributed by atoms with Crippen molar-refractivity contribution in [3.63, 3.8) is 0 Å². The average molecular weight is 384 g/mol. The highest BCUT2D eigenvalue weighted by Gasteiger charge is 2.40. The van der Waals surface area contributed by atoms with Crippen LogP contribution in [-0.2, 0) is 9.53 Å². The number of nitrogens with two attached hydrogens (primary N) is 1. The summed E-state index contributed by atoms with van der Waals surface area (Å²) < 4.78 is 8.53. The number of rotatable bonds is 6. The summed E-state index contributed by atoms with van der Waals surface area (Å²) in [5.74, 6) is 2.07. The maximum absolute atomic E-state index is 12.9. The maximum Gasteiger partial charge on any atom is 0.228 e. The van der Waals surface area contributed by atoms with Crippen LogP contribution in [0.1, 0.15) is 52.4 Å². The van der Waals surface area contributed by atoms with E-state index in [2.05, 4.69) is 29.3 Å². The van der Waals surface area contributed by atoms with Crippen LogP contribution in [0.4, 0.5) is 0 Å². The Kier molecular flexibility index (Phi) is 7.28. The summed E-state index contributed by atoms with van der Waals surface area (Å²) in [6.45, 7) is 7.86. The second-order valence-corrected chi connectivity index (χ2v) is 9.63. The van der Waals surface area contributed by atoms with Gasteiger partial charge in [0.1, 0.15) is 0 Å². The number of ether oxygens (including phenoxy) is 1. The number of hydrogen-bond donors (Lipinski definition) is 1. The van der Waals surface area contributed by atoms with Crippen molar-refractivity contribution in [2.45, 2.75) is 70.6 Å². The topological polar surface area (TPSA) is 58.8 Å². The zero-order chi connectivity index (χ0) is 18.7. The van der Waals surface area contributed by atoms with Crippen LogP contribution >= 0.6 is 11.9 Å². The van der Waals surface area contributed by atoms with Gasteiger partial charge in [0.25, 0.3) is 0 Å². The summed E-state index contributed by atoms with van der Waals surface area (Å²) in [5.41, 5.74) is 6.41. The Bertz CT molecular complexity index is 462. The molecule has 1 amide bonds. The van der Waals surface area contributed by atoms with Crippen LogP contribution < -0.4 is 5.73 Å². The third-order valence-corrected chi connectivity index (χ3v) is 7.55. The Morgan fingerprint density at radius 2 is 1.88 bits per heavy atom. The van der Waals surface area contributed by atoms with Gasteiger partial charge in [-0.1, -0.05) is 25.8 Å². The summed E-state index contributed by atoms with van der Waals surface area (Å²) in [4.78, 5) is 15.0. The van der Waals surface area contributed by atoms with Crippen LogP contribution in [0, 0.1) is 17.8 Å². The van der Waals surface area contributed by atoms with Crippen LogP contribution in [-0.4, -0.2) is 65.8 Å². The minimum absolute atomic E-state index is 0.0523.